The summed E-state index contributed by atoms with van der Waals surface area (Å²) in [5, 5.41) is 2.78. The fraction of sp³-hybridized carbons (Fsp3) is 0.278. The molecule has 8 heteroatoms. The first-order valence-electron chi connectivity index (χ1n) is 7.72. The van der Waals surface area contributed by atoms with Gasteiger partial charge in [0.15, 0.2) is 11.5 Å². The van der Waals surface area contributed by atoms with Gasteiger partial charge < -0.3 is 19.5 Å². The highest BCUT2D eigenvalue weighted by molar-refractivity contribution is 5.96. The molecule has 138 valence electrons. The summed E-state index contributed by atoms with van der Waals surface area (Å²) < 4.78 is 51.3. The van der Waals surface area contributed by atoms with Crippen molar-refractivity contribution in [2.75, 3.05) is 19.5 Å². The van der Waals surface area contributed by atoms with E-state index in [0.717, 1.165) is 5.56 Å². The highest BCUT2D eigenvalue weighted by atomic mass is 19.4. The second-order valence-corrected chi connectivity index (χ2v) is 5.72. The van der Waals surface area contributed by atoms with E-state index in [1.807, 2.05) is 0 Å². The molecule has 1 amide bonds. The minimum atomic E-state index is -4.75. The topological polar surface area (TPSA) is 56.8 Å². The van der Waals surface area contributed by atoms with Crippen molar-refractivity contribution in [2.24, 2.45) is 0 Å². The van der Waals surface area contributed by atoms with Crippen LogP contribution in [0.5, 0.6) is 17.2 Å². The summed E-state index contributed by atoms with van der Waals surface area (Å²) in [5.74, 6) is 0.156. The van der Waals surface area contributed by atoms with Gasteiger partial charge in [-0.3, -0.25) is 4.79 Å². The summed E-state index contributed by atoms with van der Waals surface area (Å²) in [4.78, 5) is 12.1. The van der Waals surface area contributed by atoms with Crippen molar-refractivity contribution in [2.45, 2.75) is 18.7 Å². The Labute approximate surface area is 147 Å². The van der Waals surface area contributed by atoms with E-state index in [4.69, 9.17) is 9.47 Å². The Balaban J connectivity index is 1.98. The second-order valence-electron chi connectivity index (χ2n) is 5.72. The van der Waals surface area contributed by atoms with Crippen LogP contribution in [0.1, 0.15) is 23.5 Å². The van der Waals surface area contributed by atoms with Crippen LogP contribution in [0.3, 0.4) is 0 Å². The predicted molar refractivity (Wildman–Crippen MR) is 87.8 cm³/mol. The van der Waals surface area contributed by atoms with Gasteiger partial charge in [0.25, 0.3) is 0 Å². The van der Waals surface area contributed by atoms with Gasteiger partial charge in [-0.15, -0.1) is 13.2 Å². The number of ether oxygens (including phenoxy) is 3. The Kier molecular flexibility index (Phi) is 4.67. The molecule has 26 heavy (non-hydrogen) atoms. The largest absolute Gasteiger partial charge is 0.573 e. The van der Waals surface area contributed by atoms with Crippen LogP contribution in [0, 0.1) is 0 Å². The van der Waals surface area contributed by atoms with Crippen molar-refractivity contribution in [1.82, 2.24) is 0 Å². The maximum absolute atomic E-state index is 12.3. The van der Waals surface area contributed by atoms with Gasteiger partial charge >= 0.3 is 6.36 Å². The molecular formula is C18H16F3NO4. The van der Waals surface area contributed by atoms with Crippen molar-refractivity contribution in [3.63, 3.8) is 0 Å². The lowest BCUT2D eigenvalue weighted by Crippen LogP contribution is -2.23. The van der Waals surface area contributed by atoms with Crippen molar-refractivity contribution in [3.05, 3.63) is 47.5 Å². The molecule has 1 aliphatic heterocycles. The highest BCUT2D eigenvalue weighted by Crippen LogP contribution is 2.43. The number of benzene rings is 2. The Bertz CT molecular complexity index is 818. The number of nitrogens with one attached hydrogen (secondary N) is 1. The van der Waals surface area contributed by atoms with Crippen LogP contribution in [-0.4, -0.2) is 26.5 Å². The Morgan fingerprint density at radius 2 is 1.65 bits per heavy atom. The second kappa shape index (κ2) is 6.78. The molecule has 1 N–H and O–H groups in total. The molecule has 0 saturated heterocycles. The molecule has 1 heterocycles. The summed E-state index contributed by atoms with van der Waals surface area (Å²) in [6.07, 6.45) is -4.58. The summed E-state index contributed by atoms with van der Waals surface area (Å²) in [6.45, 7) is 0. The van der Waals surface area contributed by atoms with Crippen molar-refractivity contribution in [1.29, 1.82) is 0 Å². The van der Waals surface area contributed by atoms with Crippen LogP contribution in [-0.2, 0) is 4.79 Å². The minimum Gasteiger partial charge on any atom is -0.493 e. The number of carbonyl (C=O) groups excluding carboxylic acids is 1. The Morgan fingerprint density at radius 1 is 1.04 bits per heavy atom. The van der Waals surface area contributed by atoms with E-state index in [9.17, 15) is 18.0 Å². The van der Waals surface area contributed by atoms with Crippen molar-refractivity contribution >= 4 is 11.6 Å². The number of rotatable bonds is 4. The summed E-state index contributed by atoms with van der Waals surface area (Å²) in [7, 11) is 3.00. The molecule has 0 saturated carbocycles. The molecule has 3 rings (SSSR count). The maximum Gasteiger partial charge on any atom is 0.573 e. The molecule has 2 aromatic rings. The number of hydrogen-bond donors (Lipinski definition) is 1. The van der Waals surface area contributed by atoms with E-state index in [-0.39, 0.29) is 24.0 Å². The molecular weight excluding hydrogens is 351 g/mol. The number of hydrogen-bond acceptors (Lipinski definition) is 4. The fourth-order valence-corrected chi connectivity index (χ4v) is 2.99. The third-order valence-electron chi connectivity index (χ3n) is 4.11. The van der Waals surface area contributed by atoms with E-state index < -0.39 is 6.36 Å². The van der Waals surface area contributed by atoms with Crippen LogP contribution in [0.25, 0.3) is 0 Å². The maximum atomic E-state index is 12.3. The molecule has 0 radical (unpaired) electrons. The van der Waals surface area contributed by atoms with Crippen LogP contribution in [0.4, 0.5) is 18.9 Å². The van der Waals surface area contributed by atoms with E-state index in [0.29, 0.717) is 22.7 Å². The first kappa shape index (κ1) is 17.9. The number of anilines is 1. The number of carbonyl (C=O) groups is 1. The number of fused-ring (bicyclic) bond motifs is 1. The molecule has 1 unspecified atom stereocenters. The molecule has 5 nitrogen and oxygen atoms in total. The third kappa shape index (κ3) is 3.68. The van der Waals surface area contributed by atoms with Gasteiger partial charge in [0.05, 0.1) is 14.2 Å². The number of amides is 1. The summed E-state index contributed by atoms with van der Waals surface area (Å²) in [5.41, 5.74) is 2.08. The molecule has 0 aliphatic carbocycles. The van der Waals surface area contributed by atoms with E-state index in [2.05, 4.69) is 10.1 Å². The monoisotopic (exact) mass is 367 g/mol. The number of methoxy groups -OCH3 is 2. The van der Waals surface area contributed by atoms with Gasteiger partial charge in [-0.2, -0.15) is 0 Å². The predicted octanol–water partition coefficient (Wildman–Crippen LogP) is 4.08. The lowest BCUT2D eigenvalue weighted by atomic mass is 9.84. The molecule has 1 aliphatic rings. The first-order valence-corrected chi connectivity index (χ1v) is 7.72. The van der Waals surface area contributed by atoms with Crippen molar-refractivity contribution < 1.29 is 32.2 Å². The average Bonchev–Trinajstić information content (AvgIpc) is 2.59. The van der Waals surface area contributed by atoms with E-state index >= 15 is 0 Å². The lowest BCUT2D eigenvalue weighted by Gasteiger charge is -2.27. The van der Waals surface area contributed by atoms with Crippen molar-refractivity contribution in [3.8, 4) is 17.2 Å². The quantitative estimate of drug-likeness (QED) is 0.885. The summed E-state index contributed by atoms with van der Waals surface area (Å²) in [6, 6.07) is 8.93. The minimum absolute atomic E-state index is 0.169. The van der Waals surface area contributed by atoms with E-state index in [1.54, 1.807) is 12.1 Å². The average molecular weight is 367 g/mol. The molecule has 1 atom stereocenters. The lowest BCUT2D eigenvalue weighted by molar-refractivity contribution is -0.274. The molecule has 0 aromatic heterocycles. The Morgan fingerprint density at radius 3 is 2.23 bits per heavy atom. The van der Waals surface area contributed by atoms with E-state index in [1.165, 1.54) is 38.5 Å². The smallest absolute Gasteiger partial charge is 0.493 e. The molecule has 2 aromatic carbocycles. The van der Waals surface area contributed by atoms with Gasteiger partial charge in [0.2, 0.25) is 5.91 Å². The van der Waals surface area contributed by atoms with Gasteiger partial charge in [-0.25, -0.2) is 0 Å². The zero-order valence-corrected chi connectivity index (χ0v) is 14.0. The molecule has 0 fully saturated rings. The normalized spacial score (nSPS) is 16.5. The van der Waals surface area contributed by atoms with Gasteiger partial charge in [-0.1, -0.05) is 12.1 Å². The number of alkyl halides is 3. The van der Waals surface area contributed by atoms with Gasteiger partial charge in [-0.05, 0) is 29.3 Å². The SMILES string of the molecule is COc1cc2c(cc1OC)C(c1ccc(OC(F)(F)F)cc1)CC(=O)N2. The van der Waals surface area contributed by atoms with Crippen LogP contribution >= 0.6 is 0 Å². The third-order valence-corrected chi connectivity index (χ3v) is 4.11. The zero-order valence-electron chi connectivity index (χ0n) is 14.0. The highest BCUT2D eigenvalue weighted by Gasteiger charge is 2.32. The van der Waals surface area contributed by atoms with Gasteiger partial charge in [0.1, 0.15) is 5.75 Å². The molecule has 0 spiro atoms. The molecule has 0 bridgehead atoms. The number of halogens is 3. The fourth-order valence-electron chi connectivity index (χ4n) is 2.99. The van der Waals surface area contributed by atoms with Crippen LogP contribution in [0.15, 0.2) is 36.4 Å². The Hall–Kier alpha value is -2.90. The van der Waals surface area contributed by atoms with Crippen LogP contribution in [0.2, 0.25) is 0 Å². The standard InChI is InChI=1S/C18H16F3NO4/c1-24-15-7-13-12(8-17(23)22-14(13)9-16(15)25-2)10-3-5-11(6-4-10)26-18(19,20)21/h3-7,9,12H,8H2,1-2H3,(H,22,23). The van der Waals surface area contributed by atoms with Crippen LogP contribution < -0.4 is 19.5 Å². The first-order chi connectivity index (χ1) is 12.3. The summed E-state index contributed by atoms with van der Waals surface area (Å²) >= 11 is 0. The zero-order chi connectivity index (χ0) is 18.9. The van der Waals surface area contributed by atoms with Gasteiger partial charge in [0, 0.05) is 24.1 Å².